The minimum absolute atomic E-state index is 0.915. The summed E-state index contributed by atoms with van der Waals surface area (Å²) in [5.41, 5.74) is 6.54. The van der Waals surface area contributed by atoms with Crippen molar-refractivity contribution in [1.29, 1.82) is 0 Å². The second kappa shape index (κ2) is 7.28. The lowest BCUT2D eigenvalue weighted by Gasteiger charge is -2.12. The molecule has 4 heteroatoms. The number of aromatic nitrogens is 2. The van der Waals surface area contributed by atoms with E-state index in [-0.39, 0.29) is 0 Å². The molecule has 0 radical (unpaired) electrons. The fourth-order valence-electron chi connectivity index (χ4n) is 5.24. The molecule has 0 saturated heterocycles. The van der Waals surface area contributed by atoms with Gasteiger partial charge in [0.15, 0.2) is 0 Å². The Balaban J connectivity index is 1.53. The molecule has 0 N–H and O–H groups in total. The molecule has 7 rings (SSSR count). The van der Waals surface area contributed by atoms with Gasteiger partial charge in [-0.3, -0.25) is 4.40 Å². The molecule has 2 heterocycles. The first-order chi connectivity index (χ1) is 17.0. The maximum atomic E-state index is 12.7. The summed E-state index contributed by atoms with van der Waals surface area (Å²) >= 11 is 0. The van der Waals surface area contributed by atoms with Crippen molar-refractivity contribution in [3.05, 3.63) is 103 Å². The second-order valence-electron chi connectivity index (χ2n) is 9.63. The predicted octanol–water partition coefficient (Wildman–Crippen LogP) is 7.86. The van der Waals surface area contributed by atoms with Crippen molar-refractivity contribution in [3.8, 4) is 11.1 Å². The van der Waals surface area contributed by atoms with Crippen molar-refractivity contribution < 1.29 is 4.57 Å². The van der Waals surface area contributed by atoms with Gasteiger partial charge in [0.25, 0.3) is 0 Å². The zero-order valence-corrected chi connectivity index (χ0v) is 20.5. The third-order valence-electron chi connectivity index (χ3n) is 7.04. The van der Waals surface area contributed by atoms with Crippen molar-refractivity contribution in [3.63, 3.8) is 0 Å². The van der Waals surface area contributed by atoms with Crippen molar-refractivity contribution in [2.45, 2.75) is 0 Å². The van der Waals surface area contributed by atoms with Crippen LogP contribution in [0.2, 0.25) is 0 Å². The predicted molar refractivity (Wildman–Crippen MR) is 150 cm³/mol. The molecule has 168 valence electrons. The number of hydrogen-bond acceptors (Lipinski definition) is 2. The zero-order chi connectivity index (χ0) is 23.7. The maximum Gasteiger partial charge on any atom is 0.146 e. The van der Waals surface area contributed by atoms with Crippen LogP contribution in [-0.4, -0.2) is 22.7 Å². The van der Waals surface area contributed by atoms with E-state index in [1.165, 1.54) is 16.3 Å². The lowest BCUT2D eigenvalue weighted by atomic mass is 9.97. The molecular weight excluding hydrogens is 447 g/mol. The Kier molecular flexibility index (Phi) is 4.25. The maximum absolute atomic E-state index is 12.7. The number of pyridine rings is 1. The van der Waals surface area contributed by atoms with Crippen LogP contribution >= 0.6 is 7.14 Å². The van der Waals surface area contributed by atoms with Gasteiger partial charge in [-0.05, 0) is 77.0 Å². The summed E-state index contributed by atoms with van der Waals surface area (Å²) in [6, 6.07) is 36.2. The van der Waals surface area contributed by atoms with Crippen LogP contribution < -0.4 is 5.30 Å². The molecule has 0 aliphatic rings. The second-order valence-corrected chi connectivity index (χ2v) is 12.9. The average Bonchev–Trinajstić information content (AvgIpc) is 3.27. The van der Waals surface area contributed by atoms with Gasteiger partial charge in [-0.1, -0.05) is 66.7 Å². The van der Waals surface area contributed by atoms with Gasteiger partial charge in [-0.15, -0.1) is 0 Å². The Bertz CT molecular complexity index is 2010. The summed E-state index contributed by atoms with van der Waals surface area (Å²) in [7, 11) is -2.32. The summed E-state index contributed by atoms with van der Waals surface area (Å²) in [4.78, 5) is 5.05. The average molecular weight is 471 g/mol. The van der Waals surface area contributed by atoms with E-state index in [0.717, 1.165) is 49.3 Å². The topological polar surface area (TPSA) is 34.4 Å². The lowest BCUT2D eigenvalue weighted by molar-refractivity contribution is 0.588. The van der Waals surface area contributed by atoms with Gasteiger partial charge in [-0.25, -0.2) is 4.98 Å². The van der Waals surface area contributed by atoms with E-state index in [2.05, 4.69) is 95.4 Å². The van der Waals surface area contributed by atoms with E-state index in [1.54, 1.807) is 0 Å². The van der Waals surface area contributed by atoms with Crippen LogP contribution in [0, 0.1) is 0 Å². The molecule has 7 aromatic rings. The van der Waals surface area contributed by atoms with E-state index >= 15 is 0 Å². The van der Waals surface area contributed by atoms with Crippen LogP contribution in [0.4, 0.5) is 0 Å². The Morgan fingerprint density at radius 1 is 0.629 bits per heavy atom. The highest BCUT2D eigenvalue weighted by Gasteiger charge is 2.15. The summed E-state index contributed by atoms with van der Waals surface area (Å²) in [6.45, 7) is 3.65. The van der Waals surface area contributed by atoms with Crippen molar-refractivity contribution in [2.75, 3.05) is 13.3 Å². The Hall–Kier alpha value is -3.94. The summed E-state index contributed by atoms with van der Waals surface area (Å²) < 4.78 is 14.9. The van der Waals surface area contributed by atoms with E-state index in [1.807, 2.05) is 25.5 Å². The van der Waals surface area contributed by atoms with Crippen molar-refractivity contribution in [1.82, 2.24) is 9.38 Å². The van der Waals surface area contributed by atoms with Gasteiger partial charge < -0.3 is 4.57 Å². The number of fused-ring (bicyclic) bond motifs is 9. The van der Waals surface area contributed by atoms with E-state index < -0.39 is 7.14 Å². The molecule has 0 fully saturated rings. The van der Waals surface area contributed by atoms with Gasteiger partial charge >= 0.3 is 0 Å². The highest BCUT2D eigenvalue weighted by atomic mass is 31.2. The first-order valence-corrected chi connectivity index (χ1v) is 14.4. The van der Waals surface area contributed by atoms with Gasteiger partial charge in [0.2, 0.25) is 0 Å². The fraction of sp³-hybridized carbons (Fsp3) is 0.0645. The molecule has 2 aromatic heterocycles. The van der Waals surface area contributed by atoms with E-state index in [9.17, 15) is 4.57 Å². The monoisotopic (exact) mass is 470 g/mol. The summed E-state index contributed by atoms with van der Waals surface area (Å²) in [5, 5.41) is 6.73. The highest BCUT2D eigenvalue weighted by Crippen LogP contribution is 2.37. The number of para-hydroxylation sites is 3. The molecule has 0 aliphatic heterocycles. The first kappa shape index (κ1) is 20.4. The lowest BCUT2D eigenvalue weighted by Crippen LogP contribution is -2.01. The molecule has 0 saturated carbocycles. The third-order valence-corrected chi connectivity index (χ3v) is 8.56. The van der Waals surface area contributed by atoms with Crippen LogP contribution in [0.1, 0.15) is 0 Å². The Labute approximate surface area is 203 Å². The SMILES string of the molecule is CP(C)(=O)c1ccc2ccc(-c3ccc4c5ccccc5n5c6ccccc6nc5c4c3)cc2c1. The molecular formula is C31H23N2OP. The number of nitrogens with zero attached hydrogens (tertiary/aromatic N) is 2. The normalized spacial score (nSPS) is 12.4. The van der Waals surface area contributed by atoms with E-state index in [0.29, 0.717) is 0 Å². The van der Waals surface area contributed by atoms with Crippen LogP contribution in [0.25, 0.3) is 60.3 Å². The standard InChI is InChI=1S/C31H23N2OP/c1-35(2,34)24-15-13-20-11-12-21(17-23(20)18-24)22-14-16-25-26-7-3-5-9-29(26)33-30-10-6-4-8-28(30)32-31(33)27(25)19-22/h3-19H,1-2H3. The Morgan fingerprint density at radius 3 is 2.20 bits per heavy atom. The first-order valence-electron chi connectivity index (χ1n) is 11.8. The molecule has 5 aromatic carbocycles. The number of rotatable bonds is 2. The smallest absolute Gasteiger partial charge is 0.146 e. The minimum atomic E-state index is -2.32. The molecule has 35 heavy (non-hydrogen) atoms. The summed E-state index contributed by atoms with van der Waals surface area (Å²) in [5.74, 6) is 0. The zero-order valence-electron chi connectivity index (χ0n) is 19.6. The molecule has 0 amide bonds. The van der Waals surface area contributed by atoms with Gasteiger partial charge in [0.1, 0.15) is 12.8 Å². The molecule has 3 nitrogen and oxygen atoms in total. The quantitative estimate of drug-likeness (QED) is 0.190. The van der Waals surface area contributed by atoms with Gasteiger partial charge in [0, 0.05) is 16.1 Å². The van der Waals surface area contributed by atoms with Crippen LogP contribution in [0.3, 0.4) is 0 Å². The molecule has 0 bridgehead atoms. The number of hydrogen-bond donors (Lipinski definition) is 0. The number of benzene rings is 5. The minimum Gasteiger partial charge on any atom is -0.319 e. The van der Waals surface area contributed by atoms with Crippen LogP contribution in [0.5, 0.6) is 0 Å². The summed E-state index contributed by atoms with van der Waals surface area (Å²) in [6.07, 6.45) is 0. The third kappa shape index (κ3) is 3.12. The molecule has 0 unspecified atom stereocenters. The van der Waals surface area contributed by atoms with Crippen LogP contribution in [0.15, 0.2) is 103 Å². The van der Waals surface area contributed by atoms with E-state index in [4.69, 9.17) is 4.98 Å². The molecule has 0 aliphatic carbocycles. The largest absolute Gasteiger partial charge is 0.319 e. The van der Waals surface area contributed by atoms with Crippen molar-refractivity contribution >= 4 is 61.6 Å². The number of imidazole rings is 1. The van der Waals surface area contributed by atoms with Gasteiger partial charge in [-0.2, -0.15) is 0 Å². The highest BCUT2D eigenvalue weighted by molar-refractivity contribution is 7.70. The Morgan fingerprint density at radius 2 is 1.34 bits per heavy atom. The van der Waals surface area contributed by atoms with Crippen molar-refractivity contribution in [2.24, 2.45) is 0 Å². The van der Waals surface area contributed by atoms with Crippen LogP contribution in [-0.2, 0) is 4.57 Å². The fourth-order valence-corrected chi connectivity index (χ4v) is 6.12. The van der Waals surface area contributed by atoms with Gasteiger partial charge in [0.05, 0.1) is 16.6 Å². The molecule has 0 atom stereocenters. The molecule has 0 spiro atoms.